The Kier molecular flexibility index (Phi) is 3.90. The van der Waals surface area contributed by atoms with Gasteiger partial charge in [-0.2, -0.15) is 5.26 Å². The molecule has 0 bridgehead atoms. The molecule has 5 heteroatoms. The van der Waals surface area contributed by atoms with Crippen molar-refractivity contribution in [2.75, 3.05) is 11.1 Å². The summed E-state index contributed by atoms with van der Waals surface area (Å²) in [6, 6.07) is 6.40. The normalized spacial score (nSPS) is 28.2. The summed E-state index contributed by atoms with van der Waals surface area (Å²) in [7, 11) is 0. The van der Waals surface area contributed by atoms with Crippen LogP contribution in [0.15, 0.2) is 23.2 Å². The number of nitrogens with zero attached hydrogens (tertiary/aromatic N) is 2. The molecule has 0 amide bonds. The summed E-state index contributed by atoms with van der Waals surface area (Å²) in [6.07, 6.45) is 4.70. The van der Waals surface area contributed by atoms with Crippen molar-refractivity contribution in [1.82, 2.24) is 0 Å². The summed E-state index contributed by atoms with van der Waals surface area (Å²) >= 11 is 1.67. The highest BCUT2D eigenvalue weighted by atomic mass is 32.2. The lowest BCUT2D eigenvalue weighted by atomic mass is 9.79. The summed E-state index contributed by atoms with van der Waals surface area (Å²) in [5, 5.41) is 12.6. The first-order chi connectivity index (χ1) is 10.1. The Morgan fingerprint density at radius 3 is 2.86 bits per heavy atom. The van der Waals surface area contributed by atoms with Crippen LogP contribution in [0, 0.1) is 23.1 Å². The van der Waals surface area contributed by atoms with Crippen LogP contribution in [0.3, 0.4) is 0 Å². The van der Waals surface area contributed by atoms with Crippen LogP contribution in [0.4, 0.5) is 10.1 Å². The second-order valence-corrected chi connectivity index (χ2v) is 7.01. The molecule has 1 aromatic carbocycles. The number of nitrogens with one attached hydrogen (secondary N) is 1. The van der Waals surface area contributed by atoms with Crippen LogP contribution in [0.5, 0.6) is 0 Å². The lowest BCUT2D eigenvalue weighted by Crippen LogP contribution is -2.32. The molecule has 1 N–H and O–H groups in total. The number of thioether (sulfide) groups is 1. The van der Waals surface area contributed by atoms with E-state index in [1.54, 1.807) is 23.9 Å². The molecule has 2 aliphatic rings. The molecule has 1 spiro atoms. The molecule has 1 fully saturated rings. The van der Waals surface area contributed by atoms with Gasteiger partial charge >= 0.3 is 0 Å². The van der Waals surface area contributed by atoms with Crippen molar-refractivity contribution in [2.45, 2.75) is 38.1 Å². The van der Waals surface area contributed by atoms with Gasteiger partial charge in [0, 0.05) is 5.75 Å². The van der Waals surface area contributed by atoms with E-state index >= 15 is 0 Å². The largest absolute Gasteiger partial charge is 0.333 e. The summed E-state index contributed by atoms with van der Waals surface area (Å²) in [5.41, 5.74) is 0.779. The Labute approximate surface area is 128 Å². The molecule has 3 rings (SSSR count). The summed E-state index contributed by atoms with van der Waals surface area (Å²) in [4.78, 5) is 4.83. The minimum Gasteiger partial charge on any atom is -0.333 e. The van der Waals surface area contributed by atoms with Gasteiger partial charge in [-0.3, -0.25) is 4.99 Å². The van der Waals surface area contributed by atoms with E-state index in [1.165, 1.54) is 18.9 Å². The van der Waals surface area contributed by atoms with E-state index in [2.05, 4.69) is 12.2 Å². The first-order valence-electron chi connectivity index (χ1n) is 7.30. The number of rotatable bonds is 1. The highest BCUT2D eigenvalue weighted by Gasteiger charge is 2.38. The molecule has 0 saturated heterocycles. The SMILES string of the molecule is CC1CCC2(CC1)CSC(Nc1ccc(C#N)cc1F)=N2. The fourth-order valence-corrected chi connectivity index (χ4v) is 4.10. The molecule has 21 heavy (non-hydrogen) atoms. The maximum Gasteiger partial charge on any atom is 0.161 e. The van der Waals surface area contributed by atoms with Gasteiger partial charge in [-0.15, -0.1) is 0 Å². The van der Waals surface area contributed by atoms with Crippen molar-refractivity contribution in [3.05, 3.63) is 29.6 Å². The maximum atomic E-state index is 13.9. The first-order valence-corrected chi connectivity index (χ1v) is 8.28. The van der Waals surface area contributed by atoms with E-state index in [9.17, 15) is 4.39 Å². The van der Waals surface area contributed by atoms with Gasteiger partial charge in [0.1, 0.15) is 5.82 Å². The van der Waals surface area contributed by atoms with Crippen LogP contribution in [-0.4, -0.2) is 16.5 Å². The number of anilines is 1. The number of amidine groups is 1. The molecule has 0 aromatic heterocycles. The fraction of sp³-hybridized carbons (Fsp3) is 0.500. The fourth-order valence-electron chi connectivity index (χ4n) is 2.90. The van der Waals surface area contributed by atoms with Crippen LogP contribution in [0.25, 0.3) is 0 Å². The van der Waals surface area contributed by atoms with Crippen molar-refractivity contribution in [3.8, 4) is 6.07 Å². The van der Waals surface area contributed by atoms with E-state index in [4.69, 9.17) is 10.3 Å². The topological polar surface area (TPSA) is 48.2 Å². The van der Waals surface area contributed by atoms with Crippen LogP contribution < -0.4 is 5.32 Å². The molecule has 3 nitrogen and oxygen atoms in total. The first kappa shape index (κ1) is 14.4. The van der Waals surface area contributed by atoms with Crippen LogP contribution in [0.2, 0.25) is 0 Å². The maximum absolute atomic E-state index is 13.9. The summed E-state index contributed by atoms with van der Waals surface area (Å²) in [5.74, 6) is 1.37. The second-order valence-electron chi connectivity index (χ2n) is 6.04. The number of hydrogen-bond acceptors (Lipinski definition) is 4. The number of halogens is 1. The Morgan fingerprint density at radius 1 is 1.43 bits per heavy atom. The van der Waals surface area contributed by atoms with Gasteiger partial charge in [0.2, 0.25) is 0 Å². The molecular weight excluding hydrogens is 285 g/mol. The van der Waals surface area contributed by atoms with Gasteiger partial charge in [0.05, 0.1) is 22.9 Å². The van der Waals surface area contributed by atoms with Crippen LogP contribution >= 0.6 is 11.8 Å². The van der Waals surface area contributed by atoms with Gasteiger partial charge in [-0.25, -0.2) is 4.39 Å². The molecule has 1 heterocycles. The van der Waals surface area contributed by atoms with Crippen molar-refractivity contribution >= 4 is 22.6 Å². The molecule has 0 radical (unpaired) electrons. The molecule has 1 aliphatic heterocycles. The molecule has 1 saturated carbocycles. The van der Waals surface area contributed by atoms with E-state index in [0.29, 0.717) is 11.3 Å². The van der Waals surface area contributed by atoms with E-state index in [0.717, 1.165) is 29.7 Å². The van der Waals surface area contributed by atoms with Crippen LogP contribution in [0.1, 0.15) is 38.2 Å². The van der Waals surface area contributed by atoms with Crippen molar-refractivity contribution in [2.24, 2.45) is 10.9 Å². The number of hydrogen-bond donors (Lipinski definition) is 1. The van der Waals surface area contributed by atoms with E-state index in [-0.39, 0.29) is 5.54 Å². The Bertz CT molecular complexity index is 612. The molecule has 1 aromatic rings. The third-order valence-electron chi connectivity index (χ3n) is 4.36. The minimum absolute atomic E-state index is 0.0581. The number of benzene rings is 1. The summed E-state index contributed by atoms with van der Waals surface area (Å²) in [6.45, 7) is 2.30. The predicted molar refractivity (Wildman–Crippen MR) is 85.0 cm³/mol. The molecule has 0 unspecified atom stereocenters. The average molecular weight is 303 g/mol. The second kappa shape index (κ2) is 5.69. The lowest BCUT2D eigenvalue weighted by Gasteiger charge is -2.32. The molecular formula is C16H18FN3S. The van der Waals surface area contributed by atoms with Gasteiger partial charge in [0.15, 0.2) is 5.17 Å². The highest BCUT2D eigenvalue weighted by molar-refractivity contribution is 8.14. The van der Waals surface area contributed by atoms with Crippen molar-refractivity contribution < 1.29 is 4.39 Å². The van der Waals surface area contributed by atoms with E-state index < -0.39 is 5.82 Å². The van der Waals surface area contributed by atoms with Crippen molar-refractivity contribution in [3.63, 3.8) is 0 Å². The molecule has 1 aliphatic carbocycles. The smallest absolute Gasteiger partial charge is 0.161 e. The van der Waals surface area contributed by atoms with Crippen LogP contribution in [-0.2, 0) is 0 Å². The standard InChI is InChI=1S/C16H18FN3S/c1-11-4-6-16(7-5-11)10-21-15(20-16)19-14-3-2-12(9-18)8-13(14)17/h2-3,8,11H,4-7,10H2,1H3,(H,19,20). The van der Waals surface area contributed by atoms with Crippen molar-refractivity contribution in [1.29, 1.82) is 5.26 Å². The quantitative estimate of drug-likeness (QED) is 0.847. The lowest BCUT2D eigenvalue weighted by molar-refractivity contribution is 0.273. The monoisotopic (exact) mass is 303 g/mol. The third kappa shape index (κ3) is 3.06. The Morgan fingerprint density at radius 2 is 2.19 bits per heavy atom. The Hall–Kier alpha value is -1.54. The van der Waals surface area contributed by atoms with Gasteiger partial charge < -0.3 is 5.32 Å². The predicted octanol–water partition coefficient (Wildman–Crippen LogP) is 4.16. The number of nitriles is 1. The molecule has 0 atom stereocenters. The number of aliphatic imine (C=N–C) groups is 1. The van der Waals surface area contributed by atoms with E-state index in [1.807, 2.05) is 6.07 Å². The minimum atomic E-state index is -0.407. The highest BCUT2D eigenvalue weighted by Crippen LogP contribution is 2.41. The summed E-state index contributed by atoms with van der Waals surface area (Å²) < 4.78 is 13.9. The third-order valence-corrected chi connectivity index (χ3v) is 5.51. The zero-order valence-electron chi connectivity index (χ0n) is 12.0. The Balaban J connectivity index is 1.73. The van der Waals surface area contributed by atoms with Gasteiger partial charge in [-0.1, -0.05) is 18.7 Å². The van der Waals surface area contributed by atoms with Gasteiger partial charge in [0.25, 0.3) is 0 Å². The zero-order valence-corrected chi connectivity index (χ0v) is 12.8. The van der Waals surface area contributed by atoms with Gasteiger partial charge in [-0.05, 0) is 49.8 Å². The average Bonchev–Trinajstić information content (AvgIpc) is 2.88. The molecule has 110 valence electrons. The zero-order chi connectivity index (χ0) is 14.9.